The number of aromatic nitrogens is 2. The summed E-state index contributed by atoms with van der Waals surface area (Å²) in [5.41, 5.74) is 1.19. The molecule has 0 radical (unpaired) electrons. The van der Waals surface area contributed by atoms with Gasteiger partial charge in [-0.15, -0.1) is 0 Å². The number of carbonyl (C=O) groups is 2. The van der Waals surface area contributed by atoms with Crippen LogP contribution in [0.4, 0.5) is 21.8 Å². The van der Waals surface area contributed by atoms with E-state index in [0.29, 0.717) is 35.6 Å². The molecule has 2 saturated carbocycles. The summed E-state index contributed by atoms with van der Waals surface area (Å²) in [6.45, 7) is 2.38. The van der Waals surface area contributed by atoms with Crippen molar-refractivity contribution in [3.63, 3.8) is 0 Å². The number of likely N-dealkylation sites (N-methyl/N-ethyl adjacent to an activating group) is 2. The number of carbonyl (C=O) groups excluding carboxylic acids is 2. The molecule has 2 fully saturated rings. The van der Waals surface area contributed by atoms with Gasteiger partial charge in [-0.05, 0) is 58.8 Å². The lowest BCUT2D eigenvalue weighted by atomic mass is 9.80. The summed E-state index contributed by atoms with van der Waals surface area (Å²) in [5, 5.41) is 9.46. The molecule has 0 aliphatic heterocycles. The number of nitrogens with one attached hydrogen (secondary N) is 3. The third kappa shape index (κ3) is 8.41. The molecule has 2 aromatic rings. The molecule has 2 aliphatic rings. The summed E-state index contributed by atoms with van der Waals surface area (Å²) in [6.07, 6.45) is 8.55. The highest BCUT2D eigenvalue weighted by molar-refractivity contribution is 5.92. The molecule has 2 amide bonds. The zero-order valence-electron chi connectivity index (χ0n) is 24.2. The molecule has 10 nitrogen and oxygen atoms in total. The number of rotatable bonds is 11. The molecule has 0 spiro atoms. The SMILES string of the molecule is COc1ccc(Nc2ncc(C#CC3CC(NC(=O)C(C)N(C)C(=O)C=CCN(C)C)C3)c(NC3CC3)n2)cc1F. The van der Waals surface area contributed by atoms with E-state index < -0.39 is 11.9 Å². The maximum absolute atomic E-state index is 14.1. The predicted octanol–water partition coefficient (Wildman–Crippen LogP) is 3.15. The quantitative estimate of drug-likeness (QED) is 0.283. The number of anilines is 3. The number of halogens is 1. The van der Waals surface area contributed by atoms with Crippen molar-refractivity contribution in [3.8, 4) is 17.6 Å². The van der Waals surface area contributed by atoms with Gasteiger partial charge in [0.15, 0.2) is 11.6 Å². The number of amides is 2. The van der Waals surface area contributed by atoms with Crippen molar-refractivity contribution in [1.29, 1.82) is 0 Å². The second-order valence-electron chi connectivity index (χ2n) is 10.8. The lowest BCUT2D eigenvalue weighted by molar-refractivity contribution is -0.135. The van der Waals surface area contributed by atoms with E-state index in [1.54, 1.807) is 38.4 Å². The monoisotopic (exact) mass is 563 g/mol. The minimum absolute atomic E-state index is 0.0220. The van der Waals surface area contributed by atoms with Crippen molar-refractivity contribution in [2.24, 2.45) is 5.92 Å². The highest BCUT2D eigenvalue weighted by Crippen LogP contribution is 2.29. The highest BCUT2D eigenvalue weighted by atomic mass is 19.1. The van der Waals surface area contributed by atoms with Crippen molar-refractivity contribution in [2.75, 3.05) is 45.4 Å². The van der Waals surface area contributed by atoms with Crippen LogP contribution in [-0.4, -0.2) is 84.5 Å². The highest BCUT2D eigenvalue weighted by Gasteiger charge is 2.31. The van der Waals surface area contributed by atoms with Gasteiger partial charge in [-0.1, -0.05) is 17.9 Å². The Morgan fingerprint density at radius 3 is 2.63 bits per heavy atom. The first-order chi connectivity index (χ1) is 19.6. The normalized spacial score (nSPS) is 18.6. The molecule has 2 aliphatic carbocycles. The number of benzene rings is 1. The summed E-state index contributed by atoms with van der Waals surface area (Å²) in [5.74, 6) is 6.89. The van der Waals surface area contributed by atoms with Gasteiger partial charge in [0.25, 0.3) is 0 Å². The minimum Gasteiger partial charge on any atom is -0.494 e. The molecule has 218 valence electrons. The topological polar surface area (TPSA) is 112 Å². The second-order valence-corrected chi connectivity index (χ2v) is 10.8. The third-order valence-corrected chi connectivity index (χ3v) is 7.05. The van der Waals surface area contributed by atoms with Crippen LogP contribution in [0.5, 0.6) is 5.75 Å². The van der Waals surface area contributed by atoms with Crippen LogP contribution in [0.25, 0.3) is 0 Å². The van der Waals surface area contributed by atoms with Crippen LogP contribution >= 0.6 is 0 Å². The maximum Gasteiger partial charge on any atom is 0.246 e. The molecule has 0 bridgehead atoms. The lowest BCUT2D eigenvalue weighted by Gasteiger charge is -2.34. The van der Waals surface area contributed by atoms with Gasteiger partial charge in [0.2, 0.25) is 17.8 Å². The number of hydrogen-bond acceptors (Lipinski definition) is 8. The van der Waals surface area contributed by atoms with E-state index in [4.69, 9.17) is 4.74 Å². The Balaban J connectivity index is 1.31. The van der Waals surface area contributed by atoms with Gasteiger partial charge in [0, 0.05) is 49.4 Å². The Morgan fingerprint density at radius 2 is 1.98 bits per heavy atom. The minimum atomic E-state index is -0.577. The summed E-state index contributed by atoms with van der Waals surface area (Å²) in [7, 11) is 6.89. The van der Waals surface area contributed by atoms with Gasteiger partial charge in [0.05, 0.1) is 18.9 Å². The van der Waals surface area contributed by atoms with Crippen LogP contribution in [0.2, 0.25) is 0 Å². The Labute approximate surface area is 240 Å². The fourth-order valence-electron chi connectivity index (χ4n) is 4.14. The molecule has 3 N–H and O–H groups in total. The summed E-state index contributed by atoms with van der Waals surface area (Å²) < 4.78 is 19.0. The first-order valence-corrected chi connectivity index (χ1v) is 13.8. The summed E-state index contributed by atoms with van der Waals surface area (Å²) in [4.78, 5) is 37.4. The van der Waals surface area contributed by atoms with E-state index in [0.717, 1.165) is 25.7 Å². The fraction of sp³-hybridized carbons (Fsp3) is 0.467. The molecule has 0 saturated heterocycles. The molecule has 1 aromatic carbocycles. The first kappa shape index (κ1) is 29.8. The van der Waals surface area contributed by atoms with Crippen molar-refractivity contribution < 1.29 is 18.7 Å². The molecule has 41 heavy (non-hydrogen) atoms. The fourth-order valence-corrected chi connectivity index (χ4v) is 4.14. The van der Waals surface area contributed by atoms with Crippen LogP contribution in [0.15, 0.2) is 36.5 Å². The van der Waals surface area contributed by atoms with E-state index in [9.17, 15) is 14.0 Å². The molecule has 4 rings (SSSR count). The van der Waals surface area contributed by atoms with Gasteiger partial charge in [-0.25, -0.2) is 9.37 Å². The zero-order chi connectivity index (χ0) is 29.5. The third-order valence-electron chi connectivity index (χ3n) is 7.05. The molecule has 1 atom stereocenters. The molecule has 1 heterocycles. The number of hydrogen-bond donors (Lipinski definition) is 3. The largest absolute Gasteiger partial charge is 0.494 e. The zero-order valence-corrected chi connectivity index (χ0v) is 24.2. The number of nitrogens with zero attached hydrogens (tertiary/aromatic N) is 4. The molecular formula is C30H38FN7O3. The van der Waals surface area contributed by atoms with Crippen molar-refractivity contribution in [2.45, 2.75) is 50.7 Å². The average molecular weight is 564 g/mol. The molecule has 11 heteroatoms. The lowest BCUT2D eigenvalue weighted by Crippen LogP contribution is -2.51. The van der Waals surface area contributed by atoms with E-state index in [-0.39, 0.29) is 29.5 Å². The van der Waals surface area contributed by atoms with Crippen molar-refractivity contribution >= 4 is 29.3 Å². The maximum atomic E-state index is 14.1. The van der Waals surface area contributed by atoms with Crippen LogP contribution in [0.1, 0.15) is 38.2 Å². The van der Waals surface area contributed by atoms with E-state index in [1.807, 2.05) is 19.0 Å². The molecule has 1 unspecified atom stereocenters. The Bertz CT molecular complexity index is 1340. The van der Waals surface area contributed by atoms with Crippen LogP contribution in [0, 0.1) is 23.6 Å². The number of ether oxygens (including phenoxy) is 1. The Morgan fingerprint density at radius 1 is 1.22 bits per heavy atom. The molecule has 1 aromatic heterocycles. The van der Waals surface area contributed by atoms with Gasteiger partial charge in [-0.2, -0.15) is 4.98 Å². The van der Waals surface area contributed by atoms with E-state index >= 15 is 0 Å². The Hall–Kier alpha value is -4.17. The standard InChI is InChI=1S/C30H38FN7O3/c1-19(38(4)27(39)7-6-14-37(2)3)29(40)34-24-15-20(16-24)8-9-21-18-32-30(36-28(21)33-22-10-11-22)35-23-12-13-26(41-5)25(31)17-23/h6-7,12-13,17-20,22,24H,10-11,14-16H2,1-5H3,(H,34,40)(H2,32,33,35,36). The summed E-state index contributed by atoms with van der Waals surface area (Å²) >= 11 is 0. The van der Waals surface area contributed by atoms with E-state index in [2.05, 4.69) is 37.8 Å². The predicted molar refractivity (Wildman–Crippen MR) is 156 cm³/mol. The van der Waals surface area contributed by atoms with Gasteiger partial charge >= 0.3 is 0 Å². The average Bonchev–Trinajstić information content (AvgIpc) is 3.73. The summed E-state index contributed by atoms with van der Waals surface area (Å²) in [6, 6.07) is 4.36. The van der Waals surface area contributed by atoms with Crippen LogP contribution < -0.4 is 20.7 Å². The first-order valence-electron chi connectivity index (χ1n) is 13.8. The van der Waals surface area contributed by atoms with Crippen molar-refractivity contribution in [1.82, 2.24) is 25.1 Å². The van der Waals surface area contributed by atoms with Gasteiger partial charge in [0.1, 0.15) is 11.9 Å². The molecular weight excluding hydrogens is 525 g/mol. The second kappa shape index (κ2) is 13.5. The van der Waals surface area contributed by atoms with Gasteiger partial charge < -0.3 is 30.5 Å². The van der Waals surface area contributed by atoms with Crippen LogP contribution in [-0.2, 0) is 9.59 Å². The smallest absolute Gasteiger partial charge is 0.246 e. The number of methoxy groups -OCH3 is 1. The van der Waals surface area contributed by atoms with Gasteiger partial charge in [-0.3, -0.25) is 9.59 Å². The Kier molecular flexibility index (Phi) is 9.78. The van der Waals surface area contributed by atoms with E-state index in [1.165, 1.54) is 24.2 Å². The van der Waals surface area contributed by atoms with Crippen LogP contribution in [0.3, 0.4) is 0 Å². The van der Waals surface area contributed by atoms with Crippen molar-refractivity contribution in [3.05, 3.63) is 47.9 Å².